The lowest BCUT2D eigenvalue weighted by molar-refractivity contribution is -0.157. The van der Waals surface area contributed by atoms with Crippen molar-refractivity contribution in [3.63, 3.8) is 0 Å². The Morgan fingerprint density at radius 2 is 1.73 bits per heavy atom. The van der Waals surface area contributed by atoms with Gasteiger partial charge in [-0.15, -0.1) is 0 Å². The van der Waals surface area contributed by atoms with Crippen molar-refractivity contribution in [2.45, 2.75) is 45.8 Å². The molecule has 0 bridgehead atoms. The van der Waals surface area contributed by atoms with Gasteiger partial charge >= 0.3 is 11.9 Å². The molecule has 0 aliphatic rings. The van der Waals surface area contributed by atoms with Crippen LogP contribution in [0, 0.1) is 0 Å². The number of allylic oxidation sites excluding steroid dienone is 1. The smallest absolute Gasteiger partial charge is 0.328 e. The Morgan fingerprint density at radius 3 is 2.15 bits per heavy atom. The number of esters is 2. The van der Waals surface area contributed by atoms with Crippen molar-refractivity contribution in [3.05, 3.63) is 45.0 Å². The van der Waals surface area contributed by atoms with Crippen LogP contribution in [-0.4, -0.2) is 42.1 Å². The molecule has 1 aromatic carbocycles. The second-order valence-electron chi connectivity index (χ2n) is 6.97. The highest BCUT2D eigenvalue weighted by Gasteiger charge is 2.30. The molecule has 0 aliphatic carbocycles. The monoisotopic (exact) mass is 489 g/mol. The number of ether oxygens (including phenoxy) is 2. The molecule has 0 amide bonds. The Kier molecular flexibility index (Phi) is 8.34. The highest BCUT2D eigenvalue weighted by atomic mass is 79.9. The summed E-state index contributed by atoms with van der Waals surface area (Å²) in [5.74, 6) is -0.863. The lowest BCUT2D eigenvalue weighted by Crippen LogP contribution is -2.45. The molecule has 0 heterocycles. The summed E-state index contributed by atoms with van der Waals surface area (Å²) < 4.78 is 12.1. The highest BCUT2D eigenvalue weighted by Crippen LogP contribution is 2.23. The summed E-state index contributed by atoms with van der Waals surface area (Å²) >= 11 is 6.89. The van der Waals surface area contributed by atoms with E-state index in [2.05, 4.69) is 38.4 Å². The molecule has 1 atom stereocenters. The number of benzene rings is 1. The van der Waals surface area contributed by atoms with Gasteiger partial charge in [0, 0.05) is 21.1 Å². The summed E-state index contributed by atoms with van der Waals surface area (Å²) in [5.41, 5.74) is 0.894. The molecule has 1 aromatic rings. The molecule has 0 radical (unpaired) electrons. The molecule has 7 heteroatoms. The van der Waals surface area contributed by atoms with Crippen LogP contribution >= 0.6 is 31.9 Å². The molecule has 26 heavy (non-hydrogen) atoms. The van der Waals surface area contributed by atoms with Gasteiger partial charge in [0.15, 0.2) is 0 Å². The number of hydrogen-bond acceptors (Lipinski definition) is 5. The fourth-order valence-corrected chi connectivity index (χ4v) is 3.82. The third-order valence-electron chi connectivity index (χ3n) is 3.41. The van der Waals surface area contributed by atoms with Crippen molar-refractivity contribution in [1.82, 2.24) is 4.90 Å². The van der Waals surface area contributed by atoms with Gasteiger partial charge in [0.05, 0.1) is 7.11 Å². The zero-order valence-electron chi connectivity index (χ0n) is 15.8. The van der Waals surface area contributed by atoms with Gasteiger partial charge in [-0.25, -0.2) is 4.79 Å². The minimum Gasteiger partial charge on any atom is -0.467 e. The van der Waals surface area contributed by atoms with E-state index < -0.39 is 23.6 Å². The van der Waals surface area contributed by atoms with Crippen molar-refractivity contribution in [2.24, 2.45) is 0 Å². The van der Waals surface area contributed by atoms with E-state index in [1.54, 1.807) is 32.6 Å². The molecule has 0 aliphatic heterocycles. The first-order valence-corrected chi connectivity index (χ1v) is 9.68. The van der Waals surface area contributed by atoms with Crippen LogP contribution < -0.4 is 0 Å². The number of carbonyl (C=O) groups is 2. The third kappa shape index (κ3) is 7.50. The number of halogens is 2. The van der Waals surface area contributed by atoms with Gasteiger partial charge in [0.25, 0.3) is 0 Å². The van der Waals surface area contributed by atoms with Crippen molar-refractivity contribution in [1.29, 1.82) is 0 Å². The molecule has 0 aromatic heterocycles. The van der Waals surface area contributed by atoms with Gasteiger partial charge in [0.1, 0.15) is 18.2 Å². The fourth-order valence-electron chi connectivity index (χ4n) is 2.43. The lowest BCUT2D eigenvalue weighted by Gasteiger charge is -2.32. The average Bonchev–Trinajstić information content (AvgIpc) is 2.47. The van der Waals surface area contributed by atoms with Crippen LogP contribution in [0.4, 0.5) is 0 Å². The van der Waals surface area contributed by atoms with Gasteiger partial charge in [-0.1, -0.05) is 38.4 Å². The molecule has 5 nitrogen and oxygen atoms in total. The Morgan fingerprint density at radius 1 is 1.19 bits per heavy atom. The summed E-state index contributed by atoms with van der Waals surface area (Å²) in [6.45, 7) is 11.0. The molecule has 0 N–H and O–H groups in total. The zero-order chi connectivity index (χ0) is 20.1. The van der Waals surface area contributed by atoms with Crippen LogP contribution in [0.5, 0.6) is 0 Å². The zero-order valence-corrected chi connectivity index (χ0v) is 18.9. The van der Waals surface area contributed by atoms with E-state index in [0.717, 1.165) is 14.5 Å². The van der Waals surface area contributed by atoms with E-state index in [1.165, 1.54) is 7.11 Å². The first kappa shape index (κ1) is 22.7. The van der Waals surface area contributed by atoms with Crippen molar-refractivity contribution in [3.8, 4) is 0 Å². The van der Waals surface area contributed by atoms with E-state index in [4.69, 9.17) is 9.47 Å². The number of carbonyl (C=O) groups excluding carboxylic acids is 2. The molecular formula is C19H25Br2NO4. The quantitative estimate of drug-likeness (QED) is 0.527. The van der Waals surface area contributed by atoms with Crippen LogP contribution in [0.1, 0.15) is 33.3 Å². The van der Waals surface area contributed by atoms with Crippen LogP contribution in [0.2, 0.25) is 0 Å². The Balaban J connectivity index is 3.11. The molecule has 144 valence electrons. The summed E-state index contributed by atoms with van der Waals surface area (Å²) in [5, 5.41) is 0. The SMILES string of the molecule is C=C(C)N(CC(=O)OC(C)(C)C)C(Cc1cc(Br)cc(Br)c1)C(=O)OC. The number of methoxy groups -OCH3 is 1. The topological polar surface area (TPSA) is 55.8 Å². The third-order valence-corrected chi connectivity index (χ3v) is 4.33. The molecule has 1 unspecified atom stereocenters. The fraction of sp³-hybridized carbons (Fsp3) is 0.474. The molecule has 1 rings (SSSR count). The van der Waals surface area contributed by atoms with Gasteiger partial charge in [-0.2, -0.15) is 0 Å². The summed E-state index contributed by atoms with van der Waals surface area (Å²) in [4.78, 5) is 26.3. The molecule has 0 saturated heterocycles. The van der Waals surface area contributed by atoms with Crippen LogP contribution in [0.15, 0.2) is 39.4 Å². The van der Waals surface area contributed by atoms with Crippen molar-refractivity contribution in [2.75, 3.05) is 13.7 Å². The van der Waals surface area contributed by atoms with Crippen molar-refractivity contribution < 1.29 is 19.1 Å². The van der Waals surface area contributed by atoms with E-state index in [9.17, 15) is 9.59 Å². The minimum absolute atomic E-state index is 0.0818. The Hall–Kier alpha value is -1.34. The maximum absolute atomic E-state index is 12.4. The largest absolute Gasteiger partial charge is 0.467 e. The number of nitrogens with zero attached hydrogens (tertiary/aromatic N) is 1. The molecular weight excluding hydrogens is 466 g/mol. The summed E-state index contributed by atoms with van der Waals surface area (Å²) in [6, 6.07) is 5.06. The van der Waals surface area contributed by atoms with Crippen molar-refractivity contribution >= 4 is 43.8 Å². The second kappa shape index (κ2) is 9.55. The van der Waals surface area contributed by atoms with Gasteiger partial charge in [-0.3, -0.25) is 4.79 Å². The lowest BCUT2D eigenvalue weighted by atomic mass is 10.0. The van der Waals surface area contributed by atoms with Crippen LogP contribution in [-0.2, 0) is 25.5 Å². The van der Waals surface area contributed by atoms with Gasteiger partial charge < -0.3 is 14.4 Å². The van der Waals surface area contributed by atoms with Gasteiger partial charge in [0.2, 0.25) is 0 Å². The first-order chi connectivity index (χ1) is 11.9. The summed E-state index contributed by atoms with van der Waals surface area (Å²) in [7, 11) is 1.33. The first-order valence-electron chi connectivity index (χ1n) is 8.09. The van der Waals surface area contributed by atoms with E-state index in [-0.39, 0.29) is 6.54 Å². The van der Waals surface area contributed by atoms with E-state index in [0.29, 0.717) is 12.1 Å². The predicted molar refractivity (Wildman–Crippen MR) is 109 cm³/mol. The number of rotatable bonds is 7. The minimum atomic E-state index is -0.689. The normalized spacial score (nSPS) is 12.3. The molecule has 0 fully saturated rings. The maximum atomic E-state index is 12.4. The molecule has 0 saturated carbocycles. The standard InChI is InChI=1S/C19H25Br2NO4/c1-12(2)22(11-17(23)26-19(3,4)5)16(18(24)25-6)9-13-7-14(20)10-15(21)8-13/h7-8,10,16H,1,9,11H2,2-6H3. The Labute approximate surface area is 172 Å². The van der Waals surface area contributed by atoms with E-state index >= 15 is 0 Å². The maximum Gasteiger partial charge on any atom is 0.328 e. The van der Waals surface area contributed by atoms with E-state index in [1.807, 2.05) is 18.2 Å². The Bertz CT molecular complexity index is 662. The highest BCUT2D eigenvalue weighted by molar-refractivity contribution is 9.11. The predicted octanol–water partition coefficient (Wildman–Crippen LogP) is 4.47. The molecule has 0 spiro atoms. The second-order valence-corrected chi connectivity index (χ2v) is 8.80. The average molecular weight is 491 g/mol. The summed E-state index contributed by atoms with van der Waals surface area (Å²) in [6.07, 6.45) is 0.361. The number of hydrogen-bond donors (Lipinski definition) is 0. The van der Waals surface area contributed by atoms with Crippen LogP contribution in [0.25, 0.3) is 0 Å². The van der Waals surface area contributed by atoms with Crippen LogP contribution in [0.3, 0.4) is 0 Å². The van der Waals surface area contributed by atoms with Gasteiger partial charge in [-0.05, 0) is 51.5 Å².